The number of hydrogen-bond donors (Lipinski definition) is 0. The zero-order valence-electron chi connectivity index (χ0n) is 17.1. The fourth-order valence-corrected chi connectivity index (χ4v) is 3.30. The Morgan fingerprint density at radius 3 is 1.79 bits per heavy atom. The summed E-state index contributed by atoms with van der Waals surface area (Å²) in [4.78, 5) is 2.32. The zero-order chi connectivity index (χ0) is 20.5. The van der Waals surface area contributed by atoms with Crippen LogP contribution in [0.1, 0.15) is 30.5 Å². The SMILES string of the molecule is CCN(CC)CCOc1ccc(/C(=C(/F)c2ccccc2)c2ccccc2)cc1. The lowest BCUT2D eigenvalue weighted by atomic mass is 9.95. The number of likely N-dealkylation sites (N-methyl/N-ethyl adjacent to an activating group) is 1. The molecule has 3 aromatic carbocycles. The lowest BCUT2D eigenvalue weighted by Crippen LogP contribution is -2.27. The van der Waals surface area contributed by atoms with Crippen LogP contribution in [0.4, 0.5) is 4.39 Å². The van der Waals surface area contributed by atoms with Crippen LogP contribution in [0.25, 0.3) is 11.4 Å². The molecule has 0 aliphatic carbocycles. The fourth-order valence-electron chi connectivity index (χ4n) is 3.30. The molecular formula is C26H28FNO. The van der Waals surface area contributed by atoms with Gasteiger partial charge in [-0.25, -0.2) is 4.39 Å². The van der Waals surface area contributed by atoms with Crippen LogP contribution in [0.15, 0.2) is 84.9 Å². The summed E-state index contributed by atoms with van der Waals surface area (Å²) >= 11 is 0. The van der Waals surface area contributed by atoms with Gasteiger partial charge < -0.3 is 9.64 Å². The molecule has 0 saturated heterocycles. The van der Waals surface area contributed by atoms with Crippen molar-refractivity contribution in [3.63, 3.8) is 0 Å². The molecule has 0 atom stereocenters. The van der Waals surface area contributed by atoms with E-state index in [4.69, 9.17) is 4.74 Å². The summed E-state index contributed by atoms with van der Waals surface area (Å²) in [6, 6.07) is 26.5. The van der Waals surface area contributed by atoms with E-state index >= 15 is 4.39 Å². The monoisotopic (exact) mass is 389 g/mol. The predicted octanol–water partition coefficient (Wildman–Crippen LogP) is 6.29. The van der Waals surface area contributed by atoms with E-state index in [0.29, 0.717) is 17.7 Å². The molecule has 0 amide bonds. The van der Waals surface area contributed by atoms with Gasteiger partial charge in [0.1, 0.15) is 18.2 Å². The lowest BCUT2D eigenvalue weighted by Gasteiger charge is -2.18. The predicted molar refractivity (Wildman–Crippen MR) is 120 cm³/mol. The third-order valence-electron chi connectivity index (χ3n) is 5.02. The second kappa shape index (κ2) is 10.6. The van der Waals surface area contributed by atoms with Crippen LogP contribution in [0.3, 0.4) is 0 Å². The number of hydrogen-bond acceptors (Lipinski definition) is 2. The maximum Gasteiger partial charge on any atom is 0.138 e. The smallest absolute Gasteiger partial charge is 0.138 e. The molecule has 150 valence electrons. The van der Waals surface area contributed by atoms with Crippen molar-refractivity contribution in [1.29, 1.82) is 0 Å². The largest absolute Gasteiger partial charge is 0.492 e. The molecule has 3 aromatic rings. The number of ether oxygens (including phenoxy) is 1. The molecular weight excluding hydrogens is 361 g/mol. The Kier molecular flexibility index (Phi) is 7.60. The van der Waals surface area contributed by atoms with Crippen LogP contribution in [-0.4, -0.2) is 31.1 Å². The number of benzene rings is 3. The molecule has 29 heavy (non-hydrogen) atoms. The average Bonchev–Trinajstić information content (AvgIpc) is 2.79. The molecule has 0 radical (unpaired) electrons. The van der Waals surface area contributed by atoms with Crippen molar-refractivity contribution in [2.75, 3.05) is 26.2 Å². The number of nitrogens with zero attached hydrogens (tertiary/aromatic N) is 1. The van der Waals surface area contributed by atoms with E-state index in [9.17, 15) is 0 Å². The third-order valence-corrected chi connectivity index (χ3v) is 5.02. The molecule has 0 heterocycles. The first-order chi connectivity index (χ1) is 14.2. The van der Waals surface area contributed by atoms with Gasteiger partial charge in [0.15, 0.2) is 0 Å². The summed E-state index contributed by atoms with van der Waals surface area (Å²) in [5.74, 6) is 0.570. The molecule has 0 saturated carbocycles. The van der Waals surface area contributed by atoms with E-state index in [1.54, 1.807) is 12.1 Å². The van der Waals surface area contributed by atoms with E-state index in [1.165, 1.54) is 0 Å². The van der Waals surface area contributed by atoms with Gasteiger partial charge in [0.2, 0.25) is 0 Å². The highest BCUT2D eigenvalue weighted by molar-refractivity contribution is 5.95. The molecule has 0 N–H and O–H groups in total. The lowest BCUT2D eigenvalue weighted by molar-refractivity contribution is 0.223. The second-order valence-electron chi connectivity index (χ2n) is 6.82. The molecule has 2 nitrogen and oxygen atoms in total. The maximum atomic E-state index is 15.5. The molecule has 0 spiro atoms. The summed E-state index contributed by atoms with van der Waals surface area (Å²) < 4.78 is 21.4. The zero-order valence-corrected chi connectivity index (χ0v) is 17.1. The van der Waals surface area contributed by atoms with Gasteiger partial charge in [-0.3, -0.25) is 0 Å². The fraction of sp³-hybridized carbons (Fsp3) is 0.231. The van der Waals surface area contributed by atoms with Crippen molar-refractivity contribution >= 4 is 11.4 Å². The van der Waals surface area contributed by atoms with Crippen molar-refractivity contribution < 1.29 is 9.13 Å². The van der Waals surface area contributed by atoms with Gasteiger partial charge in [0.25, 0.3) is 0 Å². The standard InChI is InChI=1S/C26H28FNO/c1-3-28(4-2)19-20-29-24-17-15-22(16-18-24)25(21-11-7-5-8-12-21)26(27)23-13-9-6-10-14-23/h5-18H,3-4,19-20H2,1-2H3/b26-25+. The van der Waals surface area contributed by atoms with E-state index in [1.807, 2.05) is 72.8 Å². The van der Waals surface area contributed by atoms with Gasteiger partial charge in [-0.1, -0.05) is 86.6 Å². The number of halogens is 1. The molecule has 3 heteroatoms. The van der Waals surface area contributed by atoms with E-state index in [2.05, 4.69) is 18.7 Å². The van der Waals surface area contributed by atoms with E-state index in [0.717, 1.165) is 36.5 Å². The molecule has 0 aromatic heterocycles. The summed E-state index contributed by atoms with van der Waals surface area (Å²) in [5.41, 5.74) is 2.84. The molecule has 3 rings (SSSR count). The summed E-state index contributed by atoms with van der Waals surface area (Å²) in [6.07, 6.45) is 0. The average molecular weight is 390 g/mol. The minimum atomic E-state index is -0.230. The topological polar surface area (TPSA) is 12.5 Å². The van der Waals surface area contributed by atoms with Gasteiger partial charge in [-0.15, -0.1) is 0 Å². The maximum absolute atomic E-state index is 15.5. The van der Waals surface area contributed by atoms with Gasteiger partial charge in [0.05, 0.1) is 0 Å². The minimum absolute atomic E-state index is 0.230. The molecule has 0 aliphatic rings. The van der Waals surface area contributed by atoms with Crippen LogP contribution in [-0.2, 0) is 0 Å². The quantitative estimate of drug-likeness (QED) is 0.399. The third kappa shape index (κ3) is 5.55. The highest BCUT2D eigenvalue weighted by atomic mass is 19.1. The highest BCUT2D eigenvalue weighted by Gasteiger charge is 2.14. The highest BCUT2D eigenvalue weighted by Crippen LogP contribution is 2.33. The van der Waals surface area contributed by atoms with Gasteiger partial charge >= 0.3 is 0 Å². The van der Waals surface area contributed by atoms with Crippen LogP contribution in [0.5, 0.6) is 5.75 Å². The minimum Gasteiger partial charge on any atom is -0.492 e. The summed E-state index contributed by atoms with van der Waals surface area (Å²) in [5, 5.41) is 0. The van der Waals surface area contributed by atoms with Crippen molar-refractivity contribution in [3.8, 4) is 5.75 Å². The molecule has 0 bridgehead atoms. The Morgan fingerprint density at radius 2 is 1.24 bits per heavy atom. The van der Waals surface area contributed by atoms with Crippen LogP contribution in [0.2, 0.25) is 0 Å². The van der Waals surface area contributed by atoms with Crippen molar-refractivity contribution in [1.82, 2.24) is 4.90 Å². The van der Waals surface area contributed by atoms with Crippen molar-refractivity contribution in [3.05, 3.63) is 102 Å². The molecule has 0 unspecified atom stereocenters. The van der Waals surface area contributed by atoms with Crippen molar-refractivity contribution in [2.24, 2.45) is 0 Å². The van der Waals surface area contributed by atoms with Gasteiger partial charge in [-0.05, 0) is 36.3 Å². The summed E-state index contributed by atoms with van der Waals surface area (Å²) in [7, 11) is 0. The summed E-state index contributed by atoms with van der Waals surface area (Å²) in [6.45, 7) is 7.87. The molecule has 0 aliphatic heterocycles. The Bertz CT molecular complexity index is 900. The van der Waals surface area contributed by atoms with E-state index < -0.39 is 0 Å². The van der Waals surface area contributed by atoms with Crippen LogP contribution < -0.4 is 4.74 Å². The van der Waals surface area contributed by atoms with Gasteiger partial charge in [0, 0.05) is 17.7 Å². The Balaban J connectivity index is 1.86. The van der Waals surface area contributed by atoms with Crippen molar-refractivity contribution in [2.45, 2.75) is 13.8 Å². The Labute approximate surface area is 173 Å². The normalized spacial score (nSPS) is 12.0. The molecule has 0 fully saturated rings. The second-order valence-corrected chi connectivity index (χ2v) is 6.82. The van der Waals surface area contributed by atoms with Gasteiger partial charge in [-0.2, -0.15) is 0 Å². The first kappa shape index (κ1) is 20.8. The van der Waals surface area contributed by atoms with Crippen LogP contribution in [0, 0.1) is 0 Å². The Morgan fingerprint density at radius 1 is 0.724 bits per heavy atom. The first-order valence-electron chi connectivity index (χ1n) is 10.2. The van der Waals surface area contributed by atoms with E-state index in [-0.39, 0.29) is 5.83 Å². The van der Waals surface area contributed by atoms with Crippen LogP contribution >= 0.6 is 0 Å². The Hall–Kier alpha value is -2.91. The first-order valence-corrected chi connectivity index (χ1v) is 10.2. The number of rotatable bonds is 9.